The van der Waals surface area contributed by atoms with Crippen LogP contribution in [0.25, 0.3) is 0 Å². The summed E-state index contributed by atoms with van der Waals surface area (Å²) in [5.74, 6) is 0.131. The molecule has 2 unspecified atom stereocenters. The molecule has 0 aromatic carbocycles. The molecule has 2 atom stereocenters. The van der Waals surface area contributed by atoms with Crippen molar-refractivity contribution in [2.75, 3.05) is 26.2 Å². The van der Waals surface area contributed by atoms with Crippen LogP contribution in [0.4, 0.5) is 4.79 Å². The smallest absolute Gasteiger partial charge is 0.407 e. The van der Waals surface area contributed by atoms with Crippen LogP contribution in [0, 0.1) is 0 Å². The Morgan fingerprint density at radius 1 is 1.35 bits per heavy atom. The van der Waals surface area contributed by atoms with E-state index in [0.29, 0.717) is 12.6 Å². The molecular formula is C19H30N4O3. The summed E-state index contributed by atoms with van der Waals surface area (Å²) in [4.78, 5) is 28.5. The topological polar surface area (TPSA) is 73.9 Å². The van der Waals surface area contributed by atoms with E-state index in [1.165, 1.54) is 0 Å². The Balaban J connectivity index is 1.37. The maximum Gasteiger partial charge on any atom is 0.407 e. The van der Waals surface area contributed by atoms with E-state index in [9.17, 15) is 9.59 Å². The molecule has 144 valence electrons. The Morgan fingerprint density at radius 3 is 2.92 bits per heavy atom. The van der Waals surface area contributed by atoms with Gasteiger partial charge in [-0.1, -0.05) is 6.08 Å². The van der Waals surface area contributed by atoms with E-state index in [0.717, 1.165) is 44.6 Å². The molecule has 0 bridgehead atoms. The summed E-state index contributed by atoms with van der Waals surface area (Å²) in [5.41, 5.74) is 0.342. The molecule has 3 aliphatic heterocycles. The van der Waals surface area contributed by atoms with E-state index < -0.39 is 5.60 Å². The van der Waals surface area contributed by atoms with E-state index >= 15 is 0 Å². The Labute approximate surface area is 155 Å². The predicted octanol–water partition coefficient (Wildman–Crippen LogP) is 1.58. The van der Waals surface area contributed by atoms with Crippen molar-refractivity contribution in [2.45, 2.75) is 57.8 Å². The quantitative estimate of drug-likeness (QED) is 0.702. The summed E-state index contributed by atoms with van der Waals surface area (Å²) in [6.45, 7) is 8.61. The van der Waals surface area contributed by atoms with Gasteiger partial charge in [-0.15, -0.1) is 0 Å². The standard InChI is InChI=1S/C19H30N4O3/c1-19(2,3)26-18(25)20-10-5-4-6-11-22-13-14-12-21-16-9-7-8-15(17(22)24)23(14)16/h7-9,14,16,21H,4-6,10-13H2,1-3H3,(H,20,25). The van der Waals surface area contributed by atoms with Crippen molar-refractivity contribution in [3.63, 3.8) is 0 Å². The van der Waals surface area contributed by atoms with Gasteiger partial charge in [-0.25, -0.2) is 4.79 Å². The SMILES string of the molecule is CC(C)(C)OC(=O)NCCCCCN1CC2CNC3C=CC=C(C1=O)N23. The van der Waals surface area contributed by atoms with Gasteiger partial charge in [-0.3, -0.25) is 10.1 Å². The number of piperazine rings is 1. The highest BCUT2D eigenvalue weighted by Crippen LogP contribution is 2.29. The lowest BCUT2D eigenvalue weighted by atomic mass is 10.1. The number of allylic oxidation sites excluding steroid dienone is 2. The number of nitrogens with zero attached hydrogens (tertiary/aromatic N) is 2. The zero-order valence-electron chi connectivity index (χ0n) is 16.0. The van der Waals surface area contributed by atoms with Crippen LogP contribution in [0.2, 0.25) is 0 Å². The van der Waals surface area contributed by atoms with E-state index in [2.05, 4.69) is 21.6 Å². The molecule has 2 amide bonds. The number of rotatable bonds is 6. The summed E-state index contributed by atoms with van der Waals surface area (Å²) in [6.07, 6.45) is 8.58. The highest BCUT2D eigenvalue weighted by Gasteiger charge is 2.42. The Hall–Kier alpha value is -2.02. The van der Waals surface area contributed by atoms with Crippen molar-refractivity contribution < 1.29 is 14.3 Å². The fourth-order valence-electron chi connectivity index (χ4n) is 3.66. The second-order valence-electron chi connectivity index (χ2n) is 8.09. The lowest BCUT2D eigenvalue weighted by molar-refractivity contribution is -0.133. The fourth-order valence-corrected chi connectivity index (χ4v) is 3.66. The first-order chi connectivity index (χ1) is 12.3. The van der Waals surface area contributed by atoms with Crippen LogP contribution in [0.5, 0.6) is 0 Å². The summed E-state index contributed by atoms with van der Waals surface area (Å²) in [5, 5.41) is 6.22. The van der Waals surface area contributed by atoms with Crippen LogP contribution in [-0.2, 0) is 9.53 Å². The largest absolute Gasteiger partial charge is 0.444 e. The molecule has 3 aliphatic rings. The van der Waals surface area contributed by atoms with Gasteiger partial charge in [-0.05, 0) is 52.2 Å². The van der Waals surface area contributed by atoms with E-state index in [1.54, 1.807) is 0 Å². The molecule has 0 spiro atoms. The first-order valence-corrected chi connectivity index (χ1v) is 9.51. The van der Waals surface area contributed by atoms with Crippen molar-refractivity contribution in [1.29, 1.82) is 0 Å². The molecule has 0 aromatic heterocycles. The summed E-state index contributed by atoms with van der Waals surface area (Å²) in [7, 11) is 0. The third-order valence-electron chi connectivity index (χ3n) is 4.79. The molecule has 7 heteroatoms. The van der Waals surface area contributed by atoms with Crippen LogP contribution in [0.3, 0.4) is 0 Å². The number of carbonyl (C=O) groups excluding carboxylic acids is 2. The Kier molecular flexibility index (Phi) is 5.55. The molecular weight excluding hydrogens is 332 g/mol. The molecule has 0 radical (unpaired) electrons. The van der Waals surface area contributed by atoms with Gasteiger partial charge in [0.05, 0.1) is 12.2 Å². The van der Waals surface area contributed by atoms with Crippen molar-refractivity contribution in [1.82, 2.24) is 20.4 Å². The molecule has 0 saturated carbocycles. The minimum atomic E-state index is -0.469. The van der Waals surface area contributed by atoms with Gasteiger partial charge >= 0.3 is 6.09 Å². The third-order valence-corrected chi connectivity index (χ3v) is 4.79. The monoisotopic (exact) mass is 362 g/mol. The first-order valence-electron chi connectivity index (χ1n) is 9.51. The highest BCUT2D eigenvalue weighted by molar-refractivity contribution is 5.94. The zero-order chi connectivity index (χ0) is 18.7. The summed E-state index contributed by atoms with van der Waals surface area (Å²) in [6, 6.07) is 0.364. The number of carbonyl (C=O) groups is 2. The van der Waals surface area contributed by atoms with Gasteiger partial charge in [0, 0.05) is 26.2 Å². The van der Waals surface area contributed by atoms with E-state index in [1.807, 2.05) is 37.8 Å². The predicted molar refractivity (Wildman–Crippen MR) is 99.3 cm³/mol. The van der Waals surface area contributed by atoms with Gasteiger partial charge in [0.1, 0.15) is 11.3 Å². The van der Waals surface area contributed by atoms with Gasteiger partial charge in [0.15, 0.2) is 0 Å². The number of alkyl carbamates (subject to hydrolysis) is 1. The fraction of sp³-hybridized carbons (Fsp3) is 0.684. The van der Waals surface area contributed by atoms with Gasteiger partial charge in [-0.2, -0.15) is 0 Å². The van der Waals surface area contributed by atoms with Crippen molar-refractivity contribution in [2.24, 2.45) is 0 Å². The molecule has 3 rings (SSSR count). The normalized spacial score (nSPS) is 24.4. The minimum Gasteiger partial charge on any atom is -0.444 e. The number of amides is 2. The van der Waals surface area contributed by atoms with E-state index in [4.69, 9.17) is 4.74 Å². The van der Waals surface area contributed by atoms with Crippen LogP contribution < -0.4 is 10.6 Å². The maximum absolute atomic E-state index is 12.7. The lowest BCUT2D eigenvalue weighted by Gasteiger charge is -2.42. The van der Waals surface area contributed by atoms with Gasteiger partial charge in [0.25, 0.3) is 5.91 Å². The van der Waals surface area contributed by atoms with Crippen LogP contribution >= 0.6 is 0 Å². The van der Waals surface area contributed by atoms with Crippen LogP contribution in [0.15, 0.2) is 23.9 Å². The average molecular weight is 362 g/mol. The van der Waals surface area contributed by atoms with Crippen LogP contribution in [0.1, 0.15) is 40.0 Å². The number of hydrogen-bond donors (Lipinski definition) is 2. The number of nitrogens with one attached hydrogen (secondary N) is 2. The van der Waals surface area contributed by atoms with Crippen LogP contribution in [-0.4, -0.2) is 65.8 Å². The summed E-state index contributed by atoms with van der Waals surface area (Å²) < 4.78 is 5.21. The molecule has 0 aliphatic carbocycles. The molecule has 7 nitrogen and oxygen atoms in total. The second-order valence-corrected chi connectivity index (χ2v) is 8.09. The third kappa shape index (κ3) is 4.38. The Morgan fingerprint density at radius 2 is 2.15 bits per heavy atom. The minimum absolute atomic E-state index is 0.131. The first kappa shape index (κ1) is 18.8. The lowest BCUT2D eigenvalue weighted by Crippen LogP contribution is -2.55. The van der Waals surface area contributed by atoms with Crippen molar-refractivity contribution in [3.8, 4) is 0 Å². The molecule has 0 aromatic rings. The molecule has 26 heavy (non-hydrogen) atoms. The van der Waals surface area contributed by atoms with Crippen molar-refractivity contribution in [3.05, 3.63) is 23.9 Å². The van der Waals surface area contributed by atoms with Gasteiger partial charge in [0.2, 0.25) is 0 Å². The number of ether oxygens (including phenoxy) is 1. The van der Waals surface area contributed by atoms with Crippen molar-refractivity contribution >= 4 is 12.0 Å². The molecule has 2 fully saturated rings. The second kappa shape index (κ2) is 7.70. The van der Waals surface area contributed by atoms with E-state index in [-0.39, 0.29) is 18.2 Å². The zero-order valence-corrected chi connectivity index (χ0v) is 16.0. The highest BCUT2D eigenvalue weighted by atomic mass is 16.6. The number of hydrogen-bond acceptors (Lipinski definition) is 5. The molecule has 2 saturated heterocycles. The molecule has 2 N–H and O–H groups in total. The van der Waals surface area contributed by atoms with Gasteiger partial charge < -0.3 is 19.9 Å². The number of unbranched alkanes of at least 4 members (excludes halogenated alkanes) is 2. The Bertz CT molecular complexity index is 608. The average Bonchev–Trinajstić information content (AvgIpc) is 2.97. The maximum atomic E-state index is 12.7. The summed E-state index contributed by atoms with van der Waals surface area (Å²) >= 11 is 0. The molecule has 3 heterocycles.